The third-order valence-corrected chi connectivity index (χ3v) is 12.1. The lowest BCUT2D eigenvalue weighted by atomic mass is 9.73. The van der Waals surface area contributed by atoms with Gasteiger partial charge in [-0.25, -0.2) is 4.79 Å². The first-order chi connectivity index (χ1) is 25.6. The highest BCUT2D eigenvalue weighted by Crippen LogP contribution is 2.48. The van der Waals surface area contributed by atoms with Gasteiger partial charge in [0.2, 0.25) is 0 Å². The van der Waals surface area contributed by atoms with Crippen LogP contribution in [0.2, 0.25) is 0 Å². The second-order valence-electron chi connectivity index (χ2n) is 15.6. The van der Waals surface area contributed by atoms with Gasteiger partial charge in [0.25, 0.3) is 11.8 Å². The molecule has 2 amide bonds. The van der Waals surface area contributed by atoms with E-state index in [2.05, 4.69) is 23.8 Å². The second-order valence-corrected chi connectivity index (χ2v) is 15.6. The van der Waals surface area contributed by atoms with E-state index in [-0.39, 0.29) is 24.0 Å². The Morgan fingerprint density at radius 3 is 2.28 bits per heavy atom. The number of anilines is 2. The standard InChI is InChI=1S/C40H51F5N4O5/c1-3-39(41,42)30-22-26(23-31(35(30)46)40(43,44)45)24-33(36(51)49-20-14-28(15-21-49)27-12-18-48(2)19-13-27)53-34(50)9-8-25-10-16-38(17-11-25)29-6-4-5-7-32(29)47-37(52)54-38/h3-7,22-23,25,27-28,33-34,50H,1,8-21,24,46H2,2H3,(H,47,52)/t25?,33-,34?,38?/m1/s1. The minimum atomic E-state index is -5.05. The largest absolute Gasteiger partial charge is 0.438 e. The van der Waals surface area contributed by atoms with E-state index in [0.29, 0.717) is 63.1 Å². The molecule has 3 fully saturated rings. The highest BCUT2D eigenvalue weighted by molar-refractivity contribution is 5.88. The minimum Gasteiger partial charge on any atom is -0.438 e. The van der Waals surface area contributed by atoms with Crippen molar-refractivity contribution in [3.05, 3.63) is 71.3 Å². The molecule has 296 valence electrons. The van der Waals surface area contributed by atoms with Crippen LogP contribution in [-0.4, -0.2) is 72.5 Å². The van der Waals surface area contributed by atoms with Gasteiger partial charge in [0.15, 0.2) is 6.29 Å². The van der Waals surface area contributed by atoms with E-state index in [9.17, 15) is 36.6 Å². The van der Waals surface area contributed by atoms with E-state index in [0.717, 1.165) is 56.1 Å². The molecule has 1 aliphatic carbocycles. The van der Waals surface area contributed by atoms with Crippen molar-refractivity contribution in [1.29, 1.82) is 0 Å². The normalized spacial score (nSPS) is 24.4. The summed E-state index contributed by atoms with van der Waals surface area (Å²) >= 11 is 0. The van der Waals surface area contributed by atoms with Crippen LogP contribution in [0.1, 0.15) is 86.5 Å². The van der Waals surface area contributed by atoms with Gasteiger partial charge >= 0.3 is 12.3 Å². The van der Waals surface area contributed by atoms with Gasteiger partial charge in [0.1, 0.15) is 11.7 Å². The molecule has 14 heteroatoms. The van der Waals surface area contributed by atoms with Gasteiger partial charge in [-0.3, -0.25) is 10.1 Å². The number of carbonyl (C=O) groups excluding carboxylic acids is 2. The second kappa shape index (κ2) is 16.2. The SMILES string of the molecule is C=CC(F)(F)c1cc(C[C@@H](OC(O)CCC2CCC3(CC2)OC(=O)Nc2ccccc23)C(=O)N2CCC(C3CCN(C)CC3)CC2)cc(C(F)(F)F)c1N. The molecule has 9 nitrogen and oxygen atoms in total. The molecule has 1 unspecified atom stereocenters. The molecule has 2 saturated heterocycles. The number of hydrogen-bond acceptors (Lipinski definition) is 7. The summed E-state index contributed by atoms with van der Waals surface area (Å²) in [4.78, 5) is 30.3. The van der Waals surface area contributed by atoms with Crippen molar-refractivity contribution >= 4 is 23.4 Å². The summed E-state index contributed by atoms with van der Waals surface area (Å²) in [5, 5.41) is 13.9. The molecule has 0 bridgehead atoms. The molecule has 6 rings (SSSR count). The number of piperidine rings is 2. The molecule has 3 aliphatic heterocycles. The highest BCUT2D eigenvalue weighted by atomic mass is 19.4. The van der Waals surface area contributed by atoms with E-state index >= 15 is 0 Å². The first-order valence-electron chi connectivity index (χ1n) is 19.0. The van der Waals surface area contributed by atoms with Crippen LogP contribution < -0.4 is 11.1 Å². The van der Waals surface area contributed by atoms with Crippen LogP contribution in [0.5, 0.6) is 0 Å². The third kappa shape index (κ3) is 8.86. The molecule has 4 aliphatic rings. The predicted molar refractivity (Wildman–Crippen MR) is 193 cm³/mol. The Balaban J connectivity index is 1.15. The van der Waals surface area contributed by atoms with Crippen LogP contribution in [0.3, 0.4) is 0 Å². The summed E-state index contributed by atoms with van der Waals surface area (Å²) in [5.74, 6) is -3.23. The number of nitrogens with two attached hydrogens (primary N) is 1. The van der Waals surface area contributed by atoms with Crippen molar-refractivity contribution in [3.63, 3.8) is 0 Å². The topological polar surface area (TPSA) is 117 Å². The van der Waals surface area contributed by atoms with Crippen molar-refractivity contribution in [2.24, 2.45) is 17.8 Å². The van der Waals surface area contributed by atoms with Gasteiger partial charge < -0.3 is 30.1 Å². The van der Waals surface area contributed by atoms with Crippen LogP contribution in [0.15, 0.2) is 49.1 Å². The molecule has 4 N–H and O–H groups in total. The van der Waals surface area contributed by atoms with Gasteiger partial charge in [-0.1, -0.05) is 24.8 Å². The maximum atomic E-state index is 14.8. The number of allylic oxidation sites excluding steroid dienone is 1. The first-order valence-corrected chi connectivity index (χ1v) is 19.0. The summed E-state index contributed by atoms with van der Waals surface area (Å²) < 4.78 is 83.7. The monoisotopic (exact) mass is 762 g/mol. The number of aliphatic hydroxyl groups excluding tert-OH is 1. The molecule has 0 aromatic heterocycles. The number of rotatable bonds is 11. The van der Waals surface area contributed by atoms with E-state index in [4.69, 9.17) is 15.2 Å². The lowest BCUT2D eigenvalue weighted by Gasteiger charge is -2.43. The summed E-state index contributed by atoms with van der Waals surface area (Å²) in [6.07, 6.45) is -1.76. The number of fused-ring (bicyclic) bond motifs is 2. The summed E-state index contributed by atoms with van der Waals surface area (Å²) in [7, 11) is 2.10. The first kappa shape index (κ1) is 39.9. The molecule has 2 atom stereocenters. The van der Waals surface area contributed by atoms with Gasteiger partial charge in [-0.2, -0.15) is 22.0 Å². The summed E-state index contributed by atoms with van der Waals surface area (Å²) in [6.45, 7) is 5.96. The molecule has 1 saturated carbocycles. The zero-order chi connectivity index (χ0) is 38.8. The van der Waals surface area contributed by atoms with Crippen molar-refractivity contribution in [2.45, 2.75) is 101 Å². The van der Waals surface area contributed by atoms with Crippen LogP contribution in [0.4, 0.5) is 38.1 Å². The number of nitrogens with one attached hydrogen (secondary N) is 1. The zero-order valence-corrected chi connectivity index (χ0v) is 30.7. The summed E-state index contributed by atoms with van der Waals surface area (Å²) in [6, 6.07) is 9.06. The molecule has 2 aromatic carbocycles. The smallest absolute Gasteiger partial charge is 0.418 e. The maximum absolute atomic E-state index is 14.8. The van der Waals surface area contributed by atoms with Crippen molar-refractivity contribution in [1.82, 2.24) is 9.80 Å². The van der Waals surface area contributed by atoms with Crippen LogP contribution >= 0.6 is 0 Å². The average molecular weight is 763 g/mol. The number of likely N-dealkylation sites (tertiary alicyclic amines) is 2. The zero-order valence-electron chi connectivity index (χ0n) is 30.7. The number of alkyl halides is 5. The van der Waals surface area contributed by atoms with E-state index < -0.39 is 65.3 Å². The number of carbonyl (C=O) groups is 2. The molecular formula is C40H51F5N4O5. The Morgan fingerprint density at radius 1 is 1.04 bits per heavy atom. The van der Waals surface area contributed by atoms with Crippen LogP contribution in [0, 0.1) is 17.8 Å². The molecule has 2 aromatic rings. The number of para-hydroxylation sites is 1. The molecule has 3 heterocycles. The number of amides is 2. The molecule has 54 heavy (non-hydrogen) atoms. The fourth-order valence-electron chi connectivity index (χ4n) is 8.95. The van der Waals surface area contributed by atoms with Crippen LogP contribution in [-0.2, 0) is 38.4 Å². The molecule has 1 spiro atoms. The lowest BCUT2D eigenvalue weighted by molar-refractivity contribution is -0.172. The molecular weight excluding hydrogens is 711 g/mol. The molecule has 0 radical (unpaired) electrons. The fourth-order valence-corrected chi connectivity index (χ4v) is 8.95. The average Bonchev–Trinajstić information content (AvgIpc) is 3.14. The number of benzene rings is 2. The number of halogens is 5. The van der Waals surface area contributed by atoms with Crippen molar-refractivity contribution in [2.75, 3.05) is 44.3 Å². The van der Waals surface area contributed by atoms with Gasteiger partial charge in [-0.05, 0) is 132 Å². The minimum absolute atomic E-state index is 0.132. The van der Waals surface area contributed by atoms with Crippen molar-refractivity contribution < 1.29 is 46.1 Å². The number of aliphatic hydroxyl groups is 1. The number of hydrogen-bond donors (Lipinski definition) is 3. The van der Waals surface area contributed by atoms with Crippen LogP contribution in [0.25, 0.3) is 0 Å². The predicted octanol–water partition coefficient (Wildman–Crippen LogP) is 7.82. The number of ether oxygens (including phenoxy) is 2. The van der Waals surface area contributed by atoms with E-state index in [1.807, 2.05) is 24.3 Å². The third-order valence-electron chi connectivity index (χ3n) is 12.1. The maximum Gasteiger partial charge on any atom is 0.418 e. The Kier molecular flexibility index (Phi) is 11.9. The Hall–Kier alpha value is -3.75. The van der Waals surface area contributed by atoms with Gasteiger partial charge in [0, 0.05) is 30.6 Å². The van der Waals surface area contributed by atoms with Gasteiger partial charge in [-0.15, -0.1) is 0 Å². The Morgan fingerprint density at radius 2 is 1.65 bits per heavy atom. The van der Waals surface area contributed by atoms with Gasteiger partial charge in [0.05, 0.1) is 16.9 Å². The van der Waals surface area contributed by atoms with E-state index in [1.54, 1.807) is 4.90 Å². The Bertz CT molecular complexity index is 1660. The van der Waals surface area contributed by atoms with E-state index in [1.165, 1.54) is 0 Å². The fraction of sp³-hybridized carbons (Fsp3) is 0.600. The lowest BCUT2D eigenvalue weighted by Crippen LogP contribution is -2.48. The highest BCUT2D eigenvalue weighted by Gasteiger charge is 2.45. The Labute approximate surface area is 313 Å². The number of nitrogens with zero attached hydrogens (tertiary/aromatic N) is 2. The quantitative estimate of drug-likeness (QED) is 0.0926. The number of nitrogen functional groups attached to an aromatic ring is 1. The van der Waals surface area contributed by atoms with Crippen molar-refractivity contribution in [3.8, 4) is 0 Å². The summed E-state index contributed by atoms with van der Waals surface area (Å²) in [5.41, 5.74) is 2.69.